The standard InChI is InChI=1S/C15H24N2O3/c1-11(15(19)17-10-13-6-4-8-20-13)16-9-12-5-2-3-7-14(12)18/h4,6,8,11-12,14,16,18H,2-3,5,7,9-10H2,1H3,(H,17,19). The molecule has 0 spiro atoms. The van der Waals surface area contributed by atoms with Crippen molar-refractivity contribution in [3.63, 3.8) is 0 Å². The van der Waals surface area contributed by atoms with E-state index in [1.807, 2.05) is 13.0 Å². The lowest BCUT2D eigenvalue weighted by Gasteiger charge is -2.28. The van der Waals surface area contributed by atoms with E-state index in [2.05, 4.69) is 10.6 Å². The van der Waals surface area contributed by atoms with Gasteiger partial charge in [0.05, 0.1) is 25.0 Å². The normalized spacial score (nSPS) is 24.3. The van der Waals surface area contributed by atoms with Crippen molar-refractivity contribution in [2.24, 2.45) is 5.92 Å². The molecular formula is C15H24N2O3. The van der Waals surface area contributed by atoms with Crippen LogP contribution in [0.1, 0.15) is 38.4 Å². The largest absolute Gasteiger partial charge is 0.467 e. The third kappa shape index (κ3) is 4.35. The van der Waals surface area contributed by atoms with Crippen molar-refractivity contribution < 1.29 is 14.3 Å². The van der Waals surface area contributed by atoms with Gasteiger partial charge in [0, 0.05) is 6.54 Å². The summed E-state index contributed by atoms with van der Waals surface area (Å²) in [6.07, 6.45) is 5.56. The van der Waals surface area contributed by atoms with E-state index < -0.39 is 0 Å². The predicted molar refractivity (Wildman–Crippen MR) is 76.0 cm³/mol. The average Bonchev–Trinajstić information content (AvgIpc) is 2.97. The van der Waals surface area contributed by atoms with E-state index in [1.165, 1.54) is 6.42 Å². The van der Waals surface area contributed by atoms with Crippen LogP contribution in [0.25, 0.3) is 0 Å². The van der Waals surface area contributed by atoms with Gasteiger partial charge in [0.2, 0.25) is 5.91 Å². The van der Waals surface area contributed by atoms with Crippen LogP contribution in [0.15, 0.2) is 22.8 Å². The van der Waals surface area contributed by atoms with Gasteiger partial charge in [-0.3, -0.25) is 4.79 Å². The Morgan fingerprint density at radius 3 is 3.00 bits per heavy atom. The van der Waals surface area contributed by atoms with E-state index in [0.29, 0.717) is 13.1 Å². The third-order valence-electron chi connectivity index (χ3n) is 3.97. The van der Waals surface area contributed by atoms with Gasteiger partial charge in [0.15, 0.2) is 0 Å². The molecule has 20 heavy (non-hydrogen) atoms. The zero-order valence-electron chi connectivity index (χ0n) is 12.0. The van der Waals surface area contributed by atoms with Gasteiger partial charge < -0.3 is 20.2 Å². The van der Waals surface area contributed by atoms with Crippen molar-refractivity contribution >= 4 is 5.91 Å². The fraction of sp³-hybridized carbons (Fsp3) is 0.667. The fourth-order valence-electron chi connectivity index (χ4n) is 2.59. The van der Waals surface area contributed by atoms with Gasteiger partial charge in [-0.1, -0.05) is 12.8 Å². The number of hydrogen-bond donors (Lipinski definition) is 3. The van der Waals surface area contributed by atoms with Crippen LogP contribution < -0.4 is 10.6 Å². The van der Waals surface area contributed by atoms with Gasteiger partial charge in [-0.05, 0) is 37.8 Å². The topological polar surface area (TPSA) is 74.5 Å². The van der Waals surface area contributed by atoms with Crippen molar-refractivity contribution in [2.45, 2.75) is 51.3 Å². The number of carbonyl (C=O) groups is 1. The van der Waals surface area contributed by atoms with Crippen LogP contribution >= 0.6 is 0 Å². The molecule has 1 saturated carbocycles. The number of hydrogen-bond acceptors (Lipinski definition) is 4. The molecule has 0 aliphatic heterocycles. The van der Waals surface area contributed by atoms with E-state index in [0.717, 1.165) is 25.0 Å². The van der Waals surface area contributed by atoms with Crippen LogP contribution in [0.5, 0.6) is 0 Å². The lowest BCUT2D eigenvalue weighted by atomic mass is 9.86. The molecule has 1 aliphatic carbocycles. The summed E-state index contributed by atoms with van der Waals surface area (Å²) in [5.41, 5.74) is 0. The second-order valence-corrected chi connectivity index (χ2v) is 5.54. The molecule has 1 heterocycles. The number of carbonyl (C=O) groups excluding carboxylic acids is 1. The minimum atomic E-state index is -0.265. The Morgan fingerprint density at radius 2 is 2.30 bits per heavy atom. The number of furan rings is 1. The molecule has 1 amide bonds. The highest BCUT2D eigenvalue weighted by atomic mass is 16.3. The van der Waals surface area contributed by atoms with E-state index >= 15 is 0 Å². The maximum atomic E-state index is 11.9. The molecule has 0 saturated heterocycles. The van der Waals surface area contributed by atoms with Crippen LogP contribution in [0.3, 0.4) is 0 Å². The predicted octanol–water partition coefficient (Wildman–Crippen LogP) is 1.42. The molecule has 1 fully saturated rings. The van der Waals surface area contributed by atoms with E-state index in [-0.39, 0.29) is 24.0 Å². The lowest BCUT2D eigenvalue weighted by Crippen LogP contribution is -2.45. The van der Waals surface area contributed by atoms with Gasteiger partial charge >= 0.3 is 0 Å². The molecule has 0 bridgehead atoms. The number of aliphatic hydroxyl groups excluding tert-OH is 1. The average molecular weight is 280 g/mol. The molecule has 3 unspecified atom stereocenters. The molecule has 1 aromatic heterocycles. The first-order valence-electron chi connectivity index (χ1n) is 7.38. The van der Waals surface area contributed by atoms with Crippen LogP contribution in [-0.2, 0) is 11.3 Å². The lowest BCUT2D eigenvalue weighted by molar-refractivity contribution is -0.123. The monoisotopic (exact) mass is 280 g/mol. The van der Waals surface area contributed by atoms with Gasteiger partial charge in [-0.15, -0.1) is 0 Å². The third-order valence-corrected chi connectivity index (χ3v) is 3.97. The highest BCUT2D eigenvalue weighted by Gasteiger charge is 2.24. The smallest absolute Gasteiger partial charge is 0.237 e. The minimum Gasteiger partial charge on any atom is -0.467 e. The molecule has 3 N–H and O–H groups in total. The SMILES string of the molecule is CC(NCC1CCCCC1O)C(=O)NCc1ccco1. The molecule has 3 atom stereocenters. The zero-order valence-corrected chi connectivity index (χ0v) is 12.0. The molecule has 5 heteroatoms. The van der Waals surface area contributed by atoms with Gasteiger partial charge in [-0.25, -0.2) is 0 Å². The van der Waals surface area contributed by atoms with Gasteiger partial charge in [0.1, 0.15) is 5.76 Å². The van der Waals surface area contributed by atoms with Gasteiger partial charge in [-0.2, -0.15) is 0 Å². The van der Waals surface area contributed by atoms with Gasteiger partial charge in [0.25, 0.3) is 0 Å². The van der Waals surface area contributed by atoms with Crippen LogP contribution in [0.2, 0.25) is 0 Å². The van der Waals surface area contributed by atoms with Crippen molar-refractivity contribution in [3.8, 4) is 0 Å². The van der Waals surface area contributed by atoms with E-state index in [9.17, 15) is 9.90 Å². The second-order valence-electron chi connectivity index (χ2n) is 5.54. The van der Waals surface area contributed by atoms with E-state index in [4.69, 9.17) is 4.42 Å². The molecule has 0 aromatic carbocycles. The van der Waals surface area contributed by atoms with Crippen LogP contribution in [0, 0.1) is 5.92 Å². The molecule has 1 aliphatic rings. The summed E-state index contributed by atoms with van der Waals surface area (Å²) in [4.78, 5) is 11.9. The number of rotatable bonds is 6. The summed E-state index contributed by atoms with van der Waals surface area (Å²) < 4.78 is 5.16. The summed E-state index contributed by atoms with van der Waals surface area (Å²) in [5.74, 6) is 0.962. The molecule has 0 radical (unpaired) electrons. The first-order valence-corrected chi connectivity index (χ1v) is 7.38. The zero-order chi connectivity index (χ0) is 14.4. The Bertz CT molecular complexity index is 405. The molecule has 2 rings (SSSR count). The Morgan fingerprint density at radius 1 is 1.50 bits per heavy atom. The Hall–Kier alpha value is -1.33. The van der Waals surface area contributed by atoms with Crippen molar-refractivity contribution in [3.05, 3.63) is 24.2 Å². The van der Waals surface area contributed by atoms with Crippen LogP contribution in [0.4, 0.5) is 0 Å². The molecule has 112 valence electrons. The van der Waals surface area contributed by atoms with Crippen molar-refractivity contribution in [1.29, 1.82) is 0 Å². The van der Waals surface area contributed by atoms with Crippen molar-refractivity contribution in [2.75, 3.05) is 6.54 Å². The van der Waals surface area contributed by atoms with E-state index in [1.54, 1.807) is 12.3 Å². The molecule has 5 nitrogen and oxygen atoms in total. The highest BCUT2D eigenvalue weighted by Crippen LogP contribution is 2.23. The maximum absolute atomic E-state index is 11.9. The Labute approximate surface area is 119 Å². The summed E-state index contributed by atoms with van der Waals surface area (Å²) in [6, 6.07) is 3.36. The first-order chi connectivity index (χ1) is 9.66. The summed E-state index contributed by atoms with van der Waals surface area (Å²) in [5, 5.41) is 15.9. The Balaban J connectivity index is 1.68. The number of nitrogens with one attached hydrogen (secondary N) is 2. The maximum Gasteiger partial charge on any atom is 0.237 e. The Kier molecular flexibility index (Phi) is 5.61. The summed E-state index contributed by atoms with van der Waals surface area (Å²) >= 11 is 0. The highest BCUT2D eigenvalue weighted by molar-refractivity contribution is 5.81. The number of amides is 1. The molecular weight excluding hydrogens is 256 g/mol. The number of aliphatic hydroxyl groups is 1. The quantitative estimate of drug-likeness (QED) is 0.737. The minimum absolute atomic E-state index is 0.0494. The first kappa shape index (κ1) is 15.1. The molecule has 1 aromatic rings. The second kappa shape index (κ2) is 7.45. The summed E-state index contributed by atoms with van der Waals surface area (Å²) in [6.45, 7) is 2.94. The van der Waals surface area contributed by atoms with Crippen molar-refractivity contribution in [1.82, 2.24) is 10.6 Å². The fourth-order valence-corrected chi connectivity index (χ4v) is 2.59. The summed E-state index contributed by atoms with van der Waals surface area (Å²) in [7, 11) is 0. The van der Waals surface area contributed by atoms with Crippen LogP contribution in [-0.4, -0.2) is 29.7 Å².